The van der Waals surface area contributed by atoms with E-state index < -0.39 is 0 Å². The molecule has 2 aromatic rings. The highest BCUT2D eigenvalue weighted by molar-refractivity contribution is 5.97. The van der Waals surface area contributed by atoms with Crippen molar-refractivity contribution in [2.24, 2.45) is 0 Å². The summed E-state index contributed by atoms with van der Waals surface area (Å²) in [6, 6.07) is 16.9. The molecule has 2 aromatic carbocycles. The number of benzene rings is 2. The largest absolute Gasteiger partial charge is 0.357 e. The maximum Gasteiger partial charge on any atom is 0.0106 e. The van der Waals surface area contributed by atoms with Gasteiger partial charge in [-0.3, -0.25) is 0 Å². The van der Waals surface area contributed by atoms with Gasteiger partial charge in [0.1, 0.15) is 0 Å². The molecule has 0 saturated carbocycles. The molecule has 0 spiro atoms. The summed E-state index contributed by atoms with van der Waals surface area (Å²) in [5.41, 5.74) is 4.63. The topological polar surface area (TPSA) is 3.24 Å². The molecule has 0 saturated heterocycles. The van der Waals surface area contributed by atoms with E-state index in [0.29, 0.717) is 0 Å². The number of hydrogen-bond donors (Lipinski definition) is 0. The zero-order valence-electron chi connectivity index (χ0n) is 13.7. The van der Waals surface area contributed by atoms with Crippen LogP contribution in [0.25, 0.3) is 23.3 Å². The maximum atomic E-state index is 4.37. The molecule has 1 heterocycles. The molecule has 0 fully saturated rings. The monoisotopic (exact) mass is 299 g/mol. The number of allylic oxidation sites excluding steroid dienone is 2. The molecule has 3 rings (SSSR count). The van der Waals surface area contributed by atoms with Gasteiger partial charge in [0.2, 0.25) is 0 Å². The Hall–Kier alpha value is -2.80. The van der Waals surface area contributed by atoms with Crippen LogP contribution in [0.5, 0.6) is 0 Å². The van der Waals surface area contributed by atoms with E-state index in [4.69, 9.17) is 0 Å². The number of rotatable bonds is 0. The number of hydrogen-bond acceptors (Lipinski definition) is 1. The van der Waals surface area contributed by atoms with E-state index in [1.54, 1.807) is 0 Å². The summed E-state index contributed by atoms with van der Waals surface area (Å²) in [7, 11) is 2.04. The van der Waals surface area contributed by atoms with Crippen LogP contribution in [-0.2, 0) is 0 Å². The van der Waals surface area contributed by atoms with Crippen LogP contribution in [-0.4, -0.2) is 11.9 Å². The standard InChI is InChI=1S/C22H21N/c1-17-18(2)22-13-7-5-10-20(22)14-16-23(3)15-8-11-19-9-4-6-12-21(17)19/h4-16H,2H2,1,3H3/b15-8?,16-14-,19-11-,21-17+. The molecule has 0 unspecified atom stereocenters. The van der Waals surface area contributed by atoms with Gasteiger partial charge in [-0.15, -0.1) is 0 Å². The first-order valence-electron chi connectivity index (χ1n) is 7.80. The van der Waals surface area contributed by atoms with Gasteiger partial charge in [0, 0.05) is 19.4 Å². The van der Waals surface area contributed by atoms with Crippen LogP contribution in [0.3, 0.4) is 0 Å². The molecule has 0 atom stereocenters. The lowest BCUT2D eigenvalue weighted by atomic mass is 9.94. The lowest BCUT2D eigenvalue weighted by molar-refractivity contribution is 0.631. The number of nitrogens with zero attached hydrogens (tertiary/aromatic N) is 1. The minimum Gasteiger partial charge on any atom is -0.357 e. The Kier molecular flexibility index (Phi) is 4.29. The van der Waals surface area contributed by atoms with Crippen molar-refractivity contribution in [1.82, 2.24) is 4.90 Å². The summed E-state index contributed by atoms with van der Waals surface area (Å²) in [4.78, 5) is 2.05. The maximum absolute atomic E-state index is 4.37. The molecule has 23 heavy (non-hydrogen) atoms. The highest BCUT2D eigenvalue weighted by Gasteiger charge is 2.07. The Morgan fingerprint density at radius 2 is 1.65 bits per heavy atom. The van der Waals surface area contributed by atoms with E-state index in [1.165, 1.54) is 27.1 Å². The van der Waals surface area contributed by atoms with Gasteiger partial charge in [-0.2, -0.15) is 0 Å². The lowest BCUT2D eigenvalue weighted by Crippen LogP contribution is -2.26. The average molecular weight is 299 g/mol. The van der Waals surface area contributed by atoms with Crippen molar-refractivity contribution in [2.75, 3.05) is 7.05 Å². The molecule has 0 radical (unpaired) electrons. The van der Waals surface area contributed by atoms with E-state index >= 15 is 0 Å². The molecule has 0 N–H and O–H groups in total. The van der Waals surface area contributed by atoms with E-state index in [1.807, 2.05) is 7.05 Å². The minimum atomic E-state index is 1.07. The zero-order chi connectivity index (χ0) is 16.2. The normalized spacial score (nSPS) is 19.7. The first kappa shape index (κ1) is 15.1. The van der Waals surface area contributed by atoms with E-state index in [0.717, 1.165) is 5.57 Å². The molecule has 1 aliphatic heterocycles. The van der Waals surface area contributed by atoms with E-state index in [2.05, 4.69) is 97.6 Å². The summed E-state index contributed by atoms with van der Waals surface area (Å²) in [5, 5.41) is 2.43. The Morgan fingerprint density at radius 3 is 2.52 bits per heavy atom. The molecule has 0 bridgehead atoms. The predicted octanol–water partition coefficient (Wildman–Crippen LogP) is 3.78. The minimum absolute atomic E-state index is 1.07. The third-order valence-corrected chi connectivity index (χ3v) is 4.19. The van der Waals surface area contributed by atoms with Crippen LogP contribution < -0.4 is 10.4 Å². The summed E-state index contributed by atoms with van der Waals surface area (Å²) in [6.07, 6.45) is 10.5. The van der Waals surface area contributed by atoms with Gasteiger partial charge in [-0.1, -0.05) is 61.2 Å². The van der Waals surface area contributed by atoms with E-state index in [-0.39, 0.29) is 0 Å². The van der Waals surface area contributed by atoms with Gasteiger partial charge < -0.3 is 4.90 Å². The summed E-state index contributed by atoms with van der Waals surface area (Å²) in [5.74, 6) is 0. The van der Waals surface area contributed by atoms with Gasteiger partial charge in [-0.25, -0.2) is 0 Å². The smallest absolute Gasteiger partial charge is 0.0106 e. The lowest BCUT2D eigenvalue weighted by Gasteiger charge is -2.13. The fraction of sp³-hybridized carbons (Fsp3) is 0.0909. The highest BCUT2D eigenvalue weighted by atomic mass is 15.0. The molecule has 0 aliphatic carbocycles. The van der Waals surface area contributed by atoms with Crippen molar-refractivity contribution in [3.8, 4) is 0 Å². The van der Waals surface area contributed by atoms with Gasteiger partial charge >= 0.3 is 0 Å². The summed E-state index contributed by atoms with van der Waals surface area (Å²) < 4.78 is 0. The first-order valence-corrected chi connectivity index (χ1v) is 7.80. The van der Waals surface area contributed by atoms with Crippen molar-refractivity contribution in [3.05, 3.63) is 95.2 Å². The molecule has 114 valence electrons. The average Bonchev–Trinajstić information content (AvgIpc) is 2.58. The van der Waals surface area contributed by atoms with Crippen LogP contribution in [0, 0.1) is 0 Å². The molecule has 0 aromatic heterocycles. The fourth-order valence-electron chi connectivity index (χ4n) is 2.80. The molecule has 0 amide bonds. The first-order chi connectivity index (χ1) is 11.2. The van der Waals surface area contributed by atoms with Gasteiger partial charge in [0.05, 0.1) is 0 Å². The third kappa shape index (κ3) is 3.19. The SMILES string of the molecule is C=C1/C(C)=c2\cccc\c2=C\C=CN(C)/C=C\c2ccccc21. The van der Waals surface area contributed by atoms with Crippen molar-refractivity contribution in [1.29, 1.82) is 0 Å². The Bertz CT molecular complexity index is 913. The molecule has 1 heteroatoms. The Morgan fingerprint density at radius 1 is 0.913 bits per heavy atom. The molecule has 1 nitrogen and oxygen atoms in total. The van der Waals surface area contributed by atoms with Gasteiger partial charge in [0.25, 0.3) is 0 Å². The molecular formula is C22H21N. The third-order valence-electron chi connectivity index (χ3n) is 4.19. The molecular weight excluding hydrogens is 278 g/mol. The molecule has 1 aliphatic rings. The van der Waals surface area contributed by atoms with Crippen molar-refractivity contribution in [3.63, 3.8) is 0 Å². The van der Waals surface area contributed by atoms with Crippen LogP contribution in [0.2, 0.25) is 0 Å². The van der Waals surface area contributed by atoms with Gasteiger partial charge in [0.15, 0.2) is 0 Å². The van der Waals surface area contributed by atoms with Crippen molar-refractivity contribution in [2.45, 2.75) is 6.92 Å². The van der Waals surface area contributed by atoms with Crippen LogP contribution in [0.4, 0.5) is 0 Å². The predicted molar refractivity (Wildman–Crippen MR) is 101 cm³/mol. The quantitative estimate of drug-likeness (QED) is 0.715. The number of fused-ring (bicyclic) bond motifs is 2. The second kappa shape index (κ2) is 6.53. The zero-order valence-corrected chi connectivity index (χ0v) is 13.7. The summed E-state index contributed by atoms with van der Waals surface area (Å²) >= 11 is 0. The van der Waals surface area contributed by atoms with E-state index in [9.17, 15) is 0 Å². The second-order valence-electron chi connectivity index (χ2n) is 5.77. The van der Waals surface area contributed by atoms with Crippen molar-refractivity contribution < 1.29 is 0 Å². The Labute approximate surface area is 137 Å². The van der Waals surface area contributed by atoms with Crippen LogP contribution in [0.1, 0.15) is 18.1 Å². The van der Waals surface area contributed by atoms with Crippen LogP contribution >= 0.6 is 0 Å². The Balaban J connectivity index is 2.34. The fourth-order valence-corrected chi connectivity index (χ4v) is 2.80. The van der Waals surface area contributed by atoms with Crippen molar-refractivity contribution >= 4 is 23.3 Å². The van der Waals surface area contributed by atoms with Crippen LogP contribution in [0.15, 0.2) is 73.6 Å². The second-order valence-corrected chi connectivity index (χ2v) is 5.77. The highest BCUT2D eigenvalue weighted by Crippen LogP contribution is 2.25. The summed E-state index contributed by atoms with van der Waals surface area (Å²) in [6.45, 7) is 6.52. The van der Waals surface area contributed by atoms with Gasteiger partial charge in [-0.05, 0) is 51.8 Å².